The number of carbonyl (C=O) groups excluding carboxylic acids is 1. The van der Waals surface area contributed by atoms with Gasteiger partial charge in [-0.2, -0.15) is 0 Å². The maximum atomic E-state index is 12.1. The maximum Gasteiger partial charge on any atom is 0.136 e. The van der Waals surface area contributed by atoms with Gasteiger partial charge in [0.2, 0.25) is 0 Å². The molecule has 1 aromatic rings. The Morgan fingerprint density at radius 1 is 1.16 bits per heavy atom. The Labute approximate surface area is 118 Å². The lowest BCUT2D eigenvalue weighted by atomic mass is 9.73. The molecule has 1 heteroatoms. The normalized spacial score (nSPS) is 12.3. The van der Waals surface area contributed by atoms with Crippen molar-refractivity contribution in [2.24, 2.45) is 5.92 Å². The average Bonchev–Trinajstić information content (AvgIpc) is 2.27. The molecule has 0 unspecified atom stereocenters. The Balaban J connectivity index is 3.23. The van der Waals surface area contributed by atoms with Crippen LogP contribution in [0, 0.1) is 12.8 Å². The fourth-order valence-electron chi connectivity index (χ4n) is 2.82. The summed E-state index contributed by atoms with van der Waals surface area (Å²) in [5.74, 6) is 0.956. The van der Waals surface area contributed by atoms with Gasteiger partial charge in [-0.05, 0) is 34.9 Å². The van der Waals surface area contributed by atoms with Crippen LogP contribution in [-0.2, 0) is 10.2 Å². The third kappa shape index (κ3) is 3.68. The predicted octanol–water partition coefficient (Wildman–Crippen LogP) is 5.01. The molecule has 0 N–H and O–H groups in total. The molecule has 0 fully saturated rings. The first-order valence-corrected chi connectivity index (χ1v) is 7.29. The Bertz CT molecular complexity index is 453. The van der Waals surface area contributed by atoms with E-state index in [2.05, 4.69) is 52.8 Å². The molecule has 0 aliphatic heterocycles. The minimum Gasteiger partial charge on any atom is -0.299 e. The minimum atomic E-state index is -0.0910. The van der Waals surface area contributed by atoms with E-state index < -0.39 is 0 Å². The molecule has 0 aliphatic rings. The first-order valence-electron chi connectivity index (χ1n) is 7.29. The van der Waals surface area contributed by atoms with Crippen molar-refractivity contribution < 1.29 is 4.79 Å². The van der Waals surface area contributed by atoms with Crippen LogP contribution in [0.5, 0.6) is 0 Å². The van der Waals surface area contributed by atoms with E-state index in [1.165, 1.54) is 16.7 Å². The highest BCUT2D eigenvalue weighted by atomic mass is 16.1. The van der Waals surface area contributed by atoms with Gasteiger partial charge in [-0.15, -0.1) is 0 Å². The van der Waals surface area contributed by atoms with Crippen LogP contribution in [0.2, 0.25) is 0 Å². The molecule has 0 aromatic heterocycles. The molecule has 0 heterocycles. The van der Waals surface area contributed by atoms with E-state index in [1.54, 1.807) is 0 Å². The molecular weight excluding hydrogens is 232 g/mol. The average molecular weight is 260 g/mol. The van der Waals surface area contributed by atoms with Gasteiger partial charge < -0.3 is 0 Å². The van der Waals surface area contributed by atoms with Crippen LogP contribution in [0.1, 0.15) is 70.6 Å². The molecule has 1 rings (SSSR count). The van der Waals surface area contributed by atoms with Gasteiger partial charge in [0.05, 0.1) is 0 Å². The van der Waals surface area contributed by atoms with Gasteiger partial charge in [0.15, 0.2) is 0 Å². The Morgan fingerprint density at radius 3 is 2.21 bits per heavy atom. The third-order valence-electron chi connectivity index (χ3n) is 3.86. The smallest absolute Gasteiger partial charge is 0.136 e. The van der Waals surface area contributed by atoms with Crippen molar-refractivity contribution in [2.75, 3.05) is 0 Å². The first kappa shape index (κ1) is 15.9. The summed E-state index contributed by atoms with van der Waals surface area (Å²) >= 11 is 0. The van der Waals surface area contributed by atoms with Gasteiger partial charge in [0.1, 0.15) is 5.78 Å². The third-order valence-corrected chi connectivity index (χ3v) is 3.86. The van der Waals surface area contributed by atoms with Crippen LogP contribution < -0.4 is 0 Å². The monoisotopic (exact) mass is 260 g/mol. The molecule has 0 aliphatic carbocycles. The number of aryl methyl sites for hydroxylation is 1. The molecule has 1 nitrogen and oxygen atoms in total. The Morgan fingerprint density at radius 2 is 1.74 bits per heavy atom. The largest absolute Gasteiger partial charge is 0.299 e. The molecule has 1 aromatic carbocycles. The topological polar surface area (TPSA) is 17.1 Å². The van der Waals surface area contributed by atoms with Crippen molar-refractivity contribution in [3.05, 3.63) is 34.9 Å². The second-order valence-corrected chi connectivity index (χ2v) is 6.88. The lowest BCUT2D eigenvalue weighted by Gasteiger charge is -2.31. The van der Waals surface area contributed by atoms with Gasteiger partial charge in [0.25, 0.3) is 0 Å². The van der Waals surface area contributed by atoms with Crippen LogP contribution in [0.15, 0.2) is 18.2 Å². The summed E-state index contributed by atoms with van der Waals surface area (Å²) in [6.45, 7) is 15.0. The van der Waals surface area contributed by atoms with E-state index in [-0.39, 0.29) is 11.3 Å². The Hall–Kier alpha value is -1.11. The molecular formula is C18H28O. The molecule has 0 spiro atoms. The van der Waals surface area contributed by atoms with Crippen molar-refractivity contribution in [1.82, 2.24) is 0 Å². The quantitative estimate of drug-likeness (QED) is 0.727. The number of Topliss-reactive ketones (excluding diaryl/α,β-unsaturated/α-hetero) is 1. The van der Waals surface area contributed by atoms with Crippen LogP contribution in [0.4, 0.5) is 0 Å². The molecule has 0 saturated carbocycles. The molecule has 0 atom stereocenters. The predicted molar refractivity (Wildman–Crippen MR) is 82.8 cm³/mol. The van der Waals surface area contributed by atoms with Gasteiger partial charge in [-0.1, -0.05) is 59.7 Å². The van der Waals surface area contributed by atoms with Crippen LogP contribution >= 0.6 is 0 Å². The van der Waals surface area contributed by atoms with E-state index in [1.807, 2.05) is 13.8 Å². The summed E-state index contributed by atoms with van der Waals surface area (Å²) in [7, 11) is 0. The number of rotatable bonds is 5. The number of benzene rings is 1. The van der Waals surface area contributed by atoms with Crippen molar-refractivity contribution in [2.45, 2.75) is 66.2 Å². The summed E-state index contributed by atoms with van der Waals surface area (Å²) < 4.78 is 0. The highest BCUT2D eigenvalue weighted by molar-refractivity contribution is 5.81. The fourth-order valence-corrected chi connectivity index (χ4v) is 2.82. The molecule has 0 bridgehead atoms. The minimum absolute atomic E-state index is 0.0910. The lowest BCUT2D eigenvalue weighted by molar-refractivity contribution is -0.122. The van der Waals surface area contributed by atoms with E-state index in [4.69, 9.17) is 0 Å². The zero-order valence-electron chi connectivity index (χ0n) is 13.5. The molecule has 0 radical (unpaired) electrons. The zero-order valence-corrected chi connectivity index (χ0v) is 13.5. The second kappa shape index (κ2) is 5.90. The van der Waals surface area contributed by atoms with Crippen LogP contribution in [0.3, 0.4) is 0 Å². The molecule has 19 heavy (non-hydrogen) atoms. The lowest BCUT2D eigenvalue weighted by Crippen LogP contribution is -2.27. The fraction of sp³-hybridized carbons (Fsp3) is 0.611. The molecule has 0 saturated heterocycles. The number of hydrogen-bond acceptors (Lipinski definition) is 1. The van der Waals surface area contributed by atoms with E-state index >= 15 is 0 Å². The van der Waals surface area contributed by atoms with Gasteiger partial charge in [-0.3, -0.25) is 4.79 Å². The van der Waals surface area contributed by atoms with E-state index in [0.717, 1.165) is 0 Å². The summed E-state index contributed by atoms with van der Waals surface area (Å²) in [6.07, 6.45) is 0.620. The summed E-state index contributed by atoms with van der Waals surface area (Å²) in [5.41, 5.74) is 3.94. The van der Waals surface area contributed by atoms with Crippen LogP contribution in [-0.4, -0.2) is 5.78 Å². The highest BCUT2D eigenvalue weighted by Gasteiger charge is 2.29. The van der Waals surface area contributed by atoms with Gasteiger partial charge in [-0.25, -0.2) is 0 Å². The van der Waals surface area contributed by atoms with Gasteiger partial charge in [0, 0.05) is 12.3 Å². The second-order valence-electron chi connectivity index (χ2n) is 6.88. The first-order chi connectivity index (χ1) is 8.66. The summed E-state index contributed by atoms with van der Waals surface area (Å²) in [4.78, 5) is 12.1. The number of carbonyl (C=O) groups is 1. The standard InChI is InChI=1S/C18H28O/c1-12(2)15-10-8-9-14(5)17(15)18(6,7)11-16(19)13(3)4/h8-10,12-13H,11H2,1-7H3. The summed E-state index contributed by atoms with van der Waals surface area (Å²) in [6, 6.07) is 6.48. The SMILES string of the molecule is Cc1cccc(C(C)C)c1C(C)(C)CC(=O)C(C)C. The summed E-state index contributed by atoms with van der Waals surface area (Å²) in [5, 5.41) is 0. The molecule has 0 amide bonds. The molecule has 106 valence electrons. The van der Waals surface area contributed by atoms with E-state index in [9.17, 15) is 4.79 Å². The van der Waals surface area contributed by atoms with Crippen molar-refractivity contribution in [3.8, 4) is 0 Å². The highest BCUT2D eigenvalue weighted by Crippen LogP contribution is 2.36. The number of hydrogen-bond donors (Lipinski definition) is 0. The zero-order chi connectivity index (χ0) is 14.8. The number of ketones is 1. The van der Waals surface area contributed by atoms with E-state index in [0.29, 0.717) is 18.1 Å². The maximum absolute atomic E-state index is 12.1. The van der Waals surface area contributed by atoms with Crippen LogP contribution in [0.25, 0.3) is 0 Å². The van der Waals surface area contributed by atoms with Crippen molar-refractivity contribution >= 4 is 5.78 Å². The van der Waals surface area contributed by atoms with Crippen molar-refractivity contribution in [1.29, 1.82) is 0 Å². The van der Waals surface area contributed by atoms with Crippen molar-refractivity contribution in [3.63, 3.8) is 0 Å². The van der Waals surface area contributed by atoms with Gasteiger partial charge >= 0.3 is 0 Å². The Kier molecular flexibility index (Phi) is 4.95.